The lowest BCUT2D eigenvalue weighted by molar-refractivity contribution is -0.269. The summed E-state index contributed by atoms with van der Waals surface area (Å²) in [5, 5.41) is 25.0. The van der Waals surface area contributed by atoms with Crippen molar-refractivity contribution >= 4 is 23.8 Å². The van der Waals surface area contributed by atoms with Crippen molar-refractivity contribution in [1.29, 1.82) is 0 Å². The van der Waals surface area contributed by atoms with Crippen LogP contribution in [0.2, 0.25) is 0 Å². The molecule has 6 heteroatoms. The molecule has 0 aliphatic heterocycles. The first-order valence-corrected chi connectivity index (χ1v) is 23.7. The van der Waals surface area contributed by atoms with Gasteiger partial charge in [0.25, 0.3) is 0 Å². The Balaban J connectivity index is 1.55. The van der Waals surface area contributed by atoms with Crippen molar-refractivity contribution in [2.24, 2.45) is 9.98 Å². The lowest BCUT2D eigenvalue weighted by atomic mass is 10.0. The van der Waals surface area contributed by atoms with Crippen LogP contribution in [0.3, 0.4) is 0 Å². The molecule has 0 saturated carbocycles. The summed E-state index contributed by atoms with van der Waals surface area (Å²) in [6.07, 6.45) is 39.8. The standard InChI is InChI=1S/C52H80N2O4/c1-3-5-7-9-11-13-15-17-19-21-23-25-27-33-39-57-51-41-47(53-43-45-35-29-31-37-49(45)55)48(54-44-46-36-30-32-38-50(46)56)42-52(51)58-40-34-28-26-24-22-20-18-16-14-12-10-8-6-4-2/h29-32,35-38,41-44,55-56H,3-28,33-34,39-40H2,1-2H3/p-2. The number of hydrogen-bond acceptors (Lipinski definition) is 6. The van der Waals surface area contributed by atoms with Crippen LogP contribution in [-0.4, -0.2) is 25.6 Å². The molecule has 0 aromatic heterocycles. The third-order valence-electron chi connectivity index (χ3n) is 11.1. The molecule has 0 fully saturated rings. The third kappa shape index (κ3) is 22.4. The van der Waals surface area contributed by atoms with Gasteiger partial charge in [0.05, 0.1) is 24.6 Å². The van der Waals surface area contributed by atoms with Gasteiger partial charge in [0.2, 0.25) is 0 Å². The van der Waals surface area contributed by atoms with Crippen molar-refractivity contribution in [3.63, 3.8) is 0 Å². The first-order valence-electron chi connectivity index (χ1n) is 23.7. The van der Waals surface area contributed by atoms with Gasteiger partial charge in [-0.1, -0.05) is 229 Å². The van der Waals surface area contributed by atoms with Crippen molar-refractivity contribution < 1.29 is 19.7 Å². The van der Waals surface area contributed by atoms with E-state index in [1.165, 1.54) is 166 Å². The van der Waals surface area contributed by atoms with E-state index in [0.29, 0.717) is 47.2 Å². The highest BCUT2D eigenvalue weighted by Crippen LogP contribution is 2.40. The number of hydrogen-bond donors (Lipinski definition) is 0. The van der Waals surface area contributed by atoms with Gasteiger partial charge in [0.15, 0.2) is 11.5 Å². The number of benzene rings is 3. The quantitative estimate of drug-likeness (QED) is 0.0433. The van der Waals surface area contributed by atoms with E-state index in [0.717, 1.165) is 25.7 Å². The maximum absolute atomic E-state index is 12.5. The summed E-state index contributed by atoms with van der Waals surface area (Å²) in [7, 11) is 0. The Labute approximate surface area is 354 Å². The Morgan fingerprint density at radius 1 is 0.397 bits per heavy atom. The molecule has 0 bridgehead atoms. The maximum atomic E-state index is 12.5. The van der Waals surface area contributed by atoms with Gasteiger partial charge in [-0.25, -0.2) is 0 Å². The number of ether oxygens (including phenoxy) is 2. The zero-order valence-corrected chi connectivity index (χ0v) is 36.7. The highest BCUT2D eigenvalue weighted by molar-refractivity contribution is 5.90. The van der Waals surface area contributed by atoms with Gasteiger partial charge in [-0.2, -0.15) is 0 Å². The predicted octanol–water partition coefficient (Wildman–Crippen LogP) is 15.1. The molecule has 0 unspecified atom stereocenters. The molecule has 0 aliphatic rings. The minimum atomic E-state index is -0.0982. The molecule has 58 heavy (non-hydrogen) atoms. The van der Waals surface area contributed by atoms with Crippen molar-refractivity contribution in [3.8, 4) is 23.0 Å². The van der Waals surface area contributed by atoms with Gasteiger partial charge in [0, 0.05) is 24.6 Å². The summed E-state index contributed by atoms with van der Waals surface area (Å²) in [5.74, 6) is 1.06. The van der Waals surface area contributed by atoms with Gasteiger partial charge in [0.1, 0.15) is 0 Å². The van der Waals surface area contributed by atoms with Gasteiger partial charge < -0.3 is 19.7 Å². The van der Waals surface area contributed by atoms with E-state index in [2.05, 4.69) is 13.8 Å². The van der Waals surface area contributed by atoms with E-state index in [9.17, 15) is 10.2 Å². The summed E-state index contributed by atoms with van der Waals surface area (Å²) in [6, 6.07) is 17.4. The van der Waals surface area contributed by atoms with E-state index in [1.807, 2.05) is 24.3 Å². The molecule has 0 radical (unpaired) electrons. The lowest BCUT2D eigenvalue weighted by Gasteiger charge is -2.16. The fourth-order valence-corrected chi connectivity index (χ4v) is 7.38. The fourth-order valence-electron chi connectivity index (χ4n) is 7.38. The Morgan fingerprint density at radius 2 is 0.672 bits per heavy atom. The van der Waals surface area contributed by atoms with Crippen LogP contribution >= 0.6 is 0 Å². The molecule has 0 heterocycles. The van der Waals surface area contributed by atoms with Crippen molar-refractivity contribution in [2.75, 3.05) is 13.2 Å². The van der Waals surface area contributed by atoms with E-state index in [-0.39, 0.29) is 11.5 Å². The predicted molar refractivity (Wildman–Crippen MR) is 244 cm³/mol. The van der Waals surface area contributed by atoms with Crippen LogP contribution in [0, 0.1) is 0 Å². The van der Waals surface area contributed by atoms with Crippen LogP contribution in [0.15, 0.2) is 70.6 Å². The highest BCUT2D eigenvalue weighted by Gasteiger charge is 2.13. The molecule has 0 N–H and O–H groups in total. The summed E-state index contributed by atoms with van der Waals surface area (Å²) in [5.41, 5.74) is 2.07. The summed E-state index contributed by atoms with van der Waals surface area (Å²) in [6.45, 7) is 5.74. The minimum Gasteiger partial charge on any atom is -0.872 e. The number of nitrogens with zero attached hydrogens (tertiary/aromatic N) is 2. The molecule has 3 rings (SSSR count). The molecule has 322 valence electrons. The van der Waals surface area contributed by atoms with Crippen LogP contribution < -0.4 is 19.7 Å². The largest absolute Gasteiger partial charge is 0.872 e. The zero-order valence-electron chi connectivity index (χ0n) is 36.7. The van der Waals surface area contributed by atoms with Crippen LogP contribution in [0.4, 0.5) is 11.4 Å². The second-order valence-corrected chi connectivity index (χ2v) is 16.3. The molecular formula is C52H78N2O4-2. The highest BCUT2D eigenvalue weighted by atomic mass is 16.5. The smallest absolute Gasteiger partial charge is 0.163 e. The average molecular weight is 795 g/mol. The molecule has 0 saturated heterocycles. The molecular weight excluding hydrogens is 717 g/mol. The van der Waals surface area contributed by atoms with Crippen LogP contribution in [0.5, 0.6) is 23.0 Å². The second kappa shape index (κ2) is 33.1. The monoisotopic (exact) mass is 795 g/mol. The number of para-hydroxylation sites is 2. The molecule has 6 nitrogen and oxygen atoms in total. The van der Waals surface area contributed by atoms with Gasteiger partial charge in [-0.15, -0.1) is 11.5 Å². The molecule has 0 atom stereocenters. The topological polar surface area (TPSA) is 89.3 Å². The molecule has 0 amide bonds. The number of rotatable bonds is 36. The second-order valence-electron chi connectivity index (χ2n) is 16.3. The first-order chi connectivity index (χ1) is 28.6. The minimum absolute atomic E-state index is 0.0982. The van der Waals surface area contributed by atoms with Crippen molar-refractivity contribution in [1.82, 2.24) is 0 Å². The van der Waals surface area contributed by atoms with E-state index >= 15 is 0 Å². The Morgan fingerprint density at radius 3 is 0.966 bits per heavy atom. The Hall–Kier alpha value is -3.80. The molecule has 3 aromatic rings. The van der Waals surface area contributed by atoms with Crippen LogP contribution in [0.25, 0.3) is 0 Å². The van der Waals surface area contributed by atoms with Gasteiger partial charge in [-0.3, -0.25) is 9.98 Å². The molecule has 0 spiro atoms. The third-order valence-corrected chi connectivity index (χ3v) is 11.1. The van der Waals surface area contributed by atoms with Crippen LogP contribution in [0.1, 0.15) is 205 Å². The Bertz CT molecular complexity index is 1410. The average Bonchev–Trinajstić information content (AvgIpc) is 3.23. The number of aliphatic imine (C=N–C) groups is 2. The van der Waals surface area contributed by atoms with E-state index in [1.54, 1.807) is 36.7 Å². The van der Waals surface area contributed by atoms with Crippen LogP contribution in [-0.2, 0) is 0 Å². The summed E-state index contributed by atoms with van der Waals surface area (Å²) in [4.78, 5) is 9.44. The van der Waals surface area contributed by atoms with Crippen molar-refractivity contribution in [3.05, 3.63) is 71.8 Å². The lowest BCUT2D eigenvalue weighted by Crippen LogP contribution is -2.03. The number of unbranched alkanes of at least 4 members (excludes halogenated alkanes) is 26. The van der Waals surface area contributed by atoms with E-state index < -0.39 is 0 Å². The maximum Gasteiger partial charge on any atom is 0.163 e. The normalized spacial score (nSPS) is 11.6. The first kappa shape index (κ1) is 48.6. The SMILES string of the molecule is CCCCCCCCCCCCCCCCOc1cc(N=Cc2ccccc2[O-])c(N=Cc2ccccc2[O-])cc1OCCCCCCCCCCCCCCCC. The zero-order chi connectivity index (χ0) is 41.1. The Kier molecular flexibility index (Phi) is 27.7. The fraction of sp³-hybridized carbons (Fsp3) is 0.615. The van der Waals surface area contributed by atoms with E-state index in [4.69, 9.17) is 19.5 Å². The summed E-state index contributed by atoms with van der Waals surface area (Å²) < 4.78 is 12.8. The van der Waals surface area contributed by atoms with Gasteiger partial charge in [-0.05, 0) is 24.0 Å². The van der Waals surface area contributed by atoms with Crippen molar-refractivity contribution in [2.45, 2.75) is 194 Å². The summed E-state index contributed by atoms with van der Waals surface area (Å²) >= 11 is 0. The molecule has 3 aromatic carbocycles. The molecule has 0 aliphatic carbocycles. The van der Waals surface area contributed by atoms with Gasteiger partial charge >= 0.3 is 0 Å².